The van der Waals surface area contributed by atoms with Crippen LogP contribution in [0.5, 0.6) is 0 Å². The average Bonchev–Trinajstić information content (AvgIpc) is 3.60. The minimum absolute atomic E-state index is 0.0257. The van der Waals surface area contributed by atoms with Gasteiger partial charge in [0.05, 0.1) is 6.04 Å². The Morgan fingerprint density at radius 1 is 1.03 bits per heavy atom. The number of carbonyl (C=O) groups excluding carboxylic acids is 1. The highest BCUT2D eigenvalue weighted by Gasteiger charge is 2.51. The van der Waals surface area contributed by atoms with Gasteiger partial charge in [0, 0.05) is 21.8 Å². The van der Waals surface area contributed by atoms with Gasteiger partial charge >= 0.3 is 5.97 Å². The monoisotopic (exact) mass is 508 g/mol. The highest BCUT2D eigenvalue weighted by molar-refractivity contribution is 6.31. The van der Waals surface area contributed by atoms with Gasteiger partial charge in [0.1, 0.15) is 11.4 Å². The number of hydrogen-bond acceptors (Lipinski definition) is 3. The zero-order valence-corrected chi connectivity index (χ0v) is 21.6. The van der Waals surface area contributed by atoms with Crippen LogP contribution in [-0.2, 0) is 4.79 Å². The second kappa shape index (κ2) is 9.94. The van der Waals surface area contributed by atoms with Gasteiger partial charge in [-0.25, -0.2) is 9.18 Å². The molecule has 188 valence electrons. The number of aliphatic carboxylic acids is 1. The molecule has 1 atom stereocenters. The minimum atomic E-state index is -1.17. The number of nitrogens with one attached hydrogen (secondary N) is 2. The van der Waals surface area contributed by atoms with E-state index in [-0.39, 0.29) is 11.9 Å². The molecule has 5 nitrogen and oxygen atoms in total. The van der Waals surface area contributed by atoms with Crippen LogP contribution in [0.3, 0.4) is 0 Å². The Kier molecular flexibility index (Phi) is 7.10. The van der Waals surface area contributed by atoms with E-state index in [0.29, 0.717) is 40.7 Å². The number of benzene rings is 3. The van der Waals surface area contributed by atoms with Crippen LogP contribution in [0.1, 0.15) is 64.8 Å². The number of amides is 1. The third-order valence-corrected chi connectivity index (χ3v) is 7.31. The van der Waals surface area contributed by atoms with Crippen molar-refractivity contribution < 1.29 is 19.1 Å². The molecule has 0 bridgehead atoms. The number of anilines is 1. The molecule has 0 saturated heterocycles. The lowest BCUT2D eigenvalue weighted by Gasteiger charge is -2.21. The second-order valence-electron chi connectivity index (χ2n) is 9.63. The van der Waals surface area contributed by atoms with E-state index < -0.39 is 17.4 Å². The van der Waals surface area contributed by atoms with Gasteiger partial charge in [-0.1, -0.05) is 42.8 Å². The molecule has 0 radical (unpaired) electrons. The van der Waals surface area contributed by atoms with Gasteiger partial charge in [-0.2, -0.15) is 0 Å². The fraction of sp³-hybridized carbons (Fsp3) is 0.310. The number of rotatable bonds is 8. The average molecular weight is 509 g/mol. The Hall–Kier alpha value is -3.38. The number of carbonyl (C=O) groups is 2. The largest absolute Gasteiger partial charge is 0.480 e. The summed E-state index contributed by atoms with van der Waals surface area (Å²) in [5.41, 5.74) is 4.52. The molecule has 3 aromatic rings. The van der Waals surface area contributed by atoms with Gasteiger partial charge in [0.15, 0.2) is 0 Å². The summed E-state index contributed by atoms with van der Waals surface area (Å²) < 4.78 is 15.0. The number of hydrogen-bond donors (Lipinski definition) is 3. The molecule has 7 heteroatoms. The highest BCUT2D eigenvalue weighted by atomic mass is 35.5. The summed E-state index contributed by atoms with van der Waals surface area (Å²) in [6, 6.07) is 14.4. The lowest BCUT2D eigenvalue weighted by Crippen LogP contribution is -2.43. The first-order valence-electron chi connectivity index (χ1n) is 12.0. The highest BCUT2D eigenvalue weighted by Crippen LogP contribution is 2.37. The molecule has 3 aromatic carbocycles. The maximum atomic E-state index is 15.0. The van der Waals surface area contributed by atoms with Gasteiger partial charge in [-0.05, 0) is 92.1 Å². The lowest BCUT2D eigenvalue weighted by atomic mass is 9.94. The fourth-order valence-electron chi connectivity index (χ4n) is 4.62. The van der Waals surface area contributed by atoms with Crippen LogP contribution < -0.4 is 10.6 Å². The van der Waals surface area contributed by atoms with Crippen LogP contribution in [0, 0.1) is 26.6 Å². The van der Waals surface area contributed by atoms with E-state index in [2.05, 4.69) is 23.6 Å². The number of carboxylic acids is 1. The molecule has 4 rings (SSSR count). The molecule has 0 aliphatic heterocycles. The Bertz CT molecular complexity index is 1330. The van der Waals surface area contributed by atoms with Crippen LogP contribution in [0.25, 0.3) is 11.1 Å². The quantitative estimate of drug-likeness (QED) is 0.306. The fourth-order valence-corrected chi connectivity index (χ4v) is 4.74. The first kappa shape index (κ1) is 25.7. The molecule has 1 amide bonds. The van der Waals surface area contributed by atoms with E-state index in [1.165, 1.54) is 6.07 Å². The normalized spacial score (nSPS) is 14.7. The van der Waals surface area contributed by atoms with Gasteiger partial charge in [-0.15, -0.1) is 0 Å². The molecule has 1 aliphatic carbocycles. The summed E-state index contributed by atoms with van der Waals surface area (Å²) in [6.45, 7) is 7.61. The van der Waals surface area contributed by atoms with Crippen molar-refractivity contribution in [1.82, 2.24) is 5.32 Å². The SMILES string of the molecule is CCC(Nc1ccc(F)c(-c2cc(C)c(C(=O)NC3(C(=O)O)CC3)c(C)c2)c1)c1ccc(Cl)c(C)c1. The molecular weight excluding hydrogens is 479 g/mol. The van der Waals surface area contributed by atoms with Crippen molar-refractivity contribution in [1.29, 1.82) is 0 Å². The van der Waals surface area contributed by atoms with Gasteiger partial charge in [0.2, 0.25) is 0 Å². The van der Waals surface area contributed by atoms with Crippen molar-refractivity contribution >= 4 is 29.2 Å². The van der Waals surface area contributed by atoms with Crippen molar-refractivity contribution in [2.45, 2.75) is 58.5 Å². The van der Waals surface area contributed by atoms with Crippen LogP contribution in [0.4, 0.5) is 10.1 Å². The number of carboxylic acid groups (broad SMARTS) is 1. The maximum absolute atomic E-state index is 15.0. The van der Waals surface area contributed by atoms with Crippen molar-refractivity contribution in [3.05, 3.63) is 87.2 Å². The standard InChI is InChI=1S/C29H30ClFN2O3/c1-5-25(19-6-8-23(30)16(2)12-19)32-21-7-9-24(31)22(15-21)20-13-17(3)26(18(4)14-20)27(34)33-29(10-11-29)28(35)36/h6-9,12-15,25,32H,5,10-11H2,1-4H3,(H,33,34)(H,35,36). The number of aryl methyl sites for hydroxylation is 3. The summed E-state index contributed by atoms with van der Waals surface area (Å²) in [4.78, 5) is 24.4. The second-order valence-corrected chi connectivity index (χ2v) is 10.0. The smallest absolute Gasteiger partial charge is 0.329 e. The number of halogens is 2. The Morgan fingerprint density at radius 2 is 1.69 bits per heavy atom. The van der Waals surface area contributed by atoms with Crippen LogP contribution in [-0.4, -0.2) is 22.5 Å². The molecule has 3 N–H and O–H groups in total. The molecule has 1 saturated carbocycles. The van der Waals surface area contributed by atoms with Crippen molar-refractivity contribution in [3.8, 4) is 11.1 Å². The van der Waals surface area contributed by atoms with E-state index in [0.717, 1.165) is 28.3 Å². The predicted molar refractivity (Wildman–Crippen MR) is 141 cm³/mol. The molecule has 1 fully saturated rings. The Morgan fingerprint density at radius 3 is 2.25 bits per heavy atom. The van der Waals surface area contributed by atoms with Crippen molar-refractivity contribution in [2.24, 2.45) is 0 Å². The van der Waals surface area contributed by atoms with Crippen LogP contribution in [0.2, 0.25) is 5.02 Å². The molecule has 0 heterocycles. The topological polar surface area (TPSA) is 78.4 Å². The van der Waals surface area contributed by atoms with E-state index in [9.17, 15) is 19.1 Å². The maximum Gasteiger partial charge on any atom is 0.329 e. The molecule has 0 spiro atoms. The van der Waals surface area contributed by atoms with E-state index in [4.69, 9.17) is 11.6 Å². The molecule has 36 heavy (non-hydrogen) atoms. The van der Waals surface area contributed by atoms with E-state index >= 15 is 0 Å². The molecular formula is C29H30ClFN2O3. The van der Waals surface area contributed by atoms with Gasteiger partial charge in [0.25, 0.3) is 5.91 Å². The predicted octanol–water partition coefficient (Wildman–Crippen LogP) is 6.98. The first-order chi connectivity index (χ1) is 17.0. The molecule has 0 aromatic heterocycles. The van der Waals surface area contributed by atoms with E-state index in [1.54, 1.807) is 38.1 Å². The first-order valence-corrected chi connectivity index (χ1v) is 12.4. The Balaban J connectivity index is 1.62. The van der Waals surface area contributed by atoms with E-state index in [1.807, 2.05) is 19.1 Å². The minimum Gasteiger partial charge on any atom is -0.480 e. The third-order valence-electron chi connectivity index (χ3n) is 6.88. The molecule has 1 aliphatic rings. The van der Waals surface area contributed by atoms with Crippen molar-refractivity contribution in [3.63, 3.8) is 0 Å². The summed E-state index contributed by atoms with van der Waals surface area (Å²) in [6.07, 6.45) is 1.67. The summed E-state index contributed by atoms with van der Waals surface area (Å²) in [7, 11) is 0. The summed E-state index contributed by atoms with van der Waals surface area (Å²) >= 11 is 6.19. The van der Waals surface area contributed by atoms with Gasteiger partial charge in [-0.3, -0.25) is 4.79 Å². The van der Waals surface area contributed by atoms with Crippen LogP contribution in [0.15, 0.2) is 48.5 Å². The zero-order chi connectivity index (χ0) is 26.2. The van der Waals surface area contributed by atoms with Crippen molar-refractivity contribution in [2.75, 3.05) is 5.32 Å². The zero-order valence-electron chi connectivity index (χ0n) is 20.8. The van der Waals surface area contributed by atoms with Gasteiger partial charge < -0.3 is 15.7 Å². The lowest BCUT2D eigenvalue weighted by molar-refractivity contribution is -0.140. The summed E-state index contributed by atoms with van der Waals surface area (Å²) in [5, 5.41) is 16.3. The Labute approximate surface area is 215 Å². The molecule has 1 unspecified atom stereocenters. The van der Waals surface area contributed by atoms with Crippen LogP contribution >= 0.6 is 11.6 Å². The third kappa shape index (κ3) is 5.09. The summed E-state index contributed by atoms with van der Waals surface area (Å²) in [5.74, 6) is -1.81.